The molecule has 2 aromatic rings. The molecular weight excluding hydrogens is 372 g/mol. The molecule has 0 fully saturated rings. The first-order valence-electron chi connectivity index (χ1n) is 7.41. The Labute approximate surface area is 149 Å². The van der Waals surface area contributed by atoms with Gasteiger partial charge in [0.2, 0.25) is 0 Å². The first-order valence-corrected chi connectivity index (χ1v) is 8.21. The first-order chi connectivity index (χ1) is 11.4. The predicted molar refractivity (Wildman–Crippen MR) is 98.4 cm³/mol. The van der Waals surface area contributed by atoms with Crippen LogP contribution in [0.25, 0.3) is 0 Å². The highest BCUT2D eigenvalue weighted by atomic mass is 79.9. The van der Waals surface area contributed by atoms with Gasteiger partial charge in [0.25, 0.3) is 5.91 Å². The van der Waals surface area contributed by atoms with E-state index in [1.807, 2.05) is 37.2 Å². The molecule has 1 N–H and O–H groups in total. The van der Waals surface area contributed by atoms with Gasteiger partial charge in [0.1, 0.15) is 0 Å². The van der Waals surface area contributed by atoms with Crippen LogP contribution in [0.5, 0.6) is 0 Å². The van der Waals surface area contributed by atoms with Crippen LogP contribution in [0.15, 0.2) is 53.0 Å². The van der Waals surface area contributed by atoms with E-state index in [1.165, 1.54) is 0 Å². The van der Waals surface area contributed by atoms with E-state index in [4.69, 9.17) is 4.74 Å². The third kappa shape index (κ3) is 4.83. The standard InChI is InChI=1S/C18H19BrN2O3/c1-12(17(22)20-15-9-7-14(19)8-10-15)24-18(23)13-5-4-6-16(11-13)21(2)3/h4-12H,1-3H3,(H,20,22)/t12-/m0/s1. The topological polar surface area (TPSA) is 58.6 Å². The Morgan fingerprint density at radius 3 is 2.42 bits per heavy atom. The molecule has 2 aromatic carbocycles. The normalized spacial score (nSPS) is 11.5. The van der Waals surface area contributed by atoms with Crippen molar-refractivity contribution in [2.45, 2.75) is 13.0 Å². The molecule has 0 aliphatic heterocycles. The van der Waals surface area contributed by atoms with Gasteiger partial charge in [-0.3, -0.25) is 4.79 Å². The zero-order chi connectivity index (χ0) is 17.7. The van der Waals surface area contributed by atoms with Crippen molar-refractivity contribution in [2.75, 3.05) is 24.3 Å². The number of carbonyl (C=O) groups is 2. The second-order valence-corrected chi connectivity index (χ2v) is 6.40. The summed E-state index contributed by atoms with van der Waals surface area (Å²) in [5.74, 6) is -0.911. The molecule has 0 aliphatic carbocycles. The van der Waals surface area contributed by atoms with Crippen molar-refractivity contribution in [3.63, 3.8) is 0 Å². The molecule has 0 aromatic heterocycles. The van der Waals surface area contributed by atoms with E-state index in [0.717, 1.165) is 10.2 Å². The molecule has 0 radical (unpaired) electrons. The van der Waals surface area contributed by atoms with Gasteiger partial charge in [0.15, 0.2) is 6.10 Å². The van der Waals surface area contributed by atoms with Gasteiger partial charge in [-0.15, -0.1) is 0 Å². The summed E-state index contributed by atoms with van der Waals surface area (Å²) in [5, 5.41) is 2.71. The van der Waals surface area contributed by atoms with Crippen molar-refractivity contribution in [1.82, 2.24) is 0 Å². The van der Waals surface area contributed by atoms with Crippen LogP contribution in [0.2, 0.25) is 0 Å². The Morgan fingerprint density at radius 1 is 1.12 bits per heavy atom. The molecule has 0 unspecified atom stereocenters. The van der Waals surface area contributed by atoms with E-state index >= 15 is 0 Å². The fourth-order valence-corrected chi connectivity index (χ4v) is 2.23. The number of hydrogen-bond donors (Lipinski definition) is 1. The Bertz CT molecular complexity index is 729. The summed E-state index contributed by atoms with van der Waals surface area (Å²) in [7, 11) is 3.78. The highest BCUT2D eigenvalue weighted by Crippen LogP contribution is 2.16. The minimum absolute atomic E-state index is 0.380. The Balaban J connectivity index is 1.99. The Hall–Kier alpha value is -2.34. The lowest BCUT2D eigenvalue weighted by molar-refractivity contribution is -0.123. The fraction of sp³-hybridized carbons (Fsp3) is 0.222. The molecule has 0 saturated heterocycles. The van der Waals surface area contributed by atoms with Gasteiger partial charge in [-0.2, -0.15) is 0 Å². The van der Waals surface area contributed by atoms with Crippen LogP contribution in [0.1, 0.15) is 17.3 Å². The number of benzene rings is 2. The quantitative estimate of drug-likeness (QED) is 0.790. The number of nitrogens with one attached hydrogen (secondary N) is 1. The molecule has 5 nitrogen and oxygen atoms in total. The summed E-state index contributed by atoms with van der Waals surface area (Å²) < 4.78 is 6.17. The number of hydrogen-bond acceptors (Lipinski definition) is 4. The van der Waals surface area contributed by atoms with E-state index < -0.39 is 12.1 Å². The summed E-state index contributed by atoms with van der Waals surface area (Å²) in [6.07, 6.45) is -0.899. The van der Waals surface area contributed by atoms with E-state index in [1.54, 1.807) is 37.3 Å². The van der Waals surface area contributed by atoms with E-state index in [-0.39, 0.29) is 5.91 Å². The number of carbonyl (C=O) groups excluding carboxylic acids is 2. The van der Waals surface area contributed by atoms with Crippen LogP contribution in [0.4, 0.5) is 11.4 Å². The van der Waals surface area contributed by atoms with Crippen molar-refractivity contribution in [3.05, 3.63) is 58.6 Å². The van der Waals surface area contributed by atoms with Crippen LogP contribution >= 0.6 is 15.9 Å². The fourth-order valence-electron chi connectivity index (χ4n) is 1.97. The minimum Gasteiger partial charge on any atom is -0.449 e. The molecule has 0 heterocycles. The number of amides is 1. The molecule has 6 heteroatoms. The van der Waals surface area contributed by atoms with E-state index in [9.17, 15) is 9.59 Å². The van der Waals surface area contributed by atoms with Crippen LogP contribution in [-0.4, -0.2) is 32.1 Å². The second kappa shape index (κ2) is 7.97. The van der Waals surface area contributed by atoms with Crippen LogP contribution < -0.4 is 10.2 Å². The third-order valence-corrected chi connectivity index (χ3v) is 3.89. The summed E-state index contributed by atoms with van der Waals surface area (Å²) in [6, 6.07) is 14.2. The van der Waals surface area contributed by atoms with Gasteiger partial charge in [-0.1, -0.05) is 22.0 Å². The van der Waals surface area contributed by atoms with Crippen molar-refractivity contribution in [3.8, 4) is 0 Å². The lowest BCUT2D eigenvalue weighted by Crippen LogP contribution is -2.30. The minimum atomic E-state index is -0.899. The predicted octanol–water partition coefficient (Wildman–Crippen LogP) is 3.70. The maximum Gasteiger partial charge on any atom is 0.338 e. The van der Waals surface area contributed by atoms with Gasteiger partial charge in [0, 0.05) is 29.9 Å². The number of ether oxygens (including phenoxy) is 1. The molecule has 1 atom stereocenters. The van der Waals surface area contributed by atoms with E-state index in [0.29, 0.717) is 11.3 Å². The summed E-state index contributed by atoms with van der Waals surface area (Å²) in [4.78, 5) is 26.2. The number of halogens is 1. The average molecular weight is 391 g/mol. The highest BCUT2D eigenvalue weighted by Gasteiger charge is 2.19. The molecule has 0 bridgehead atoms. The van der Waals surface area contributed by atoms with Crippen LogP contribution in [-0.2, 0) is 9.53 Å². The van der Waals surface area contributed by atoms with Crippen molar-refractivity contribution in [1.29, 1.82) is 0 Å². The molecule has 0 aliphatic rings. The number of anilines is 2. The highest BCUT2D eigenvalue weighted by molar-refractivity contribution is 9.10. The SMILES string of the molecule is C[C@H](OC(=O)c1cccc(N(C)C)c1)C(=O)Nc1ccc(Br)cc1. The van der Waals surface area contributed by atoms with Gasteiger partial charge < -0.3 is 15.0 Å². The van der Waals surface area contributed by atoms with Crippen LogP contribution in [0, 0.1) is 0 Å². The van der Waals surface area contributed by atoms with Gasteiger partial charge in [-0.25, -0.2) is 4.79 Å². The van der Waals surface area contributed by atoms with Crippen molar-refractivity contribution in [2.24, 2.45) is 0 Å². The average Bonchev–Trinajstić information content (AvgIpc) is 2.56. The Kier molecular flexibility index (Phi) is 5.98. The molecule has 1 amide bonds. The largest absolute Gasteiger partial charge is 0.449 e. The van der Waals surface area contributed by atoms with Crippen LogP contribution in [0.3, 0.4) is 0 Å². The van der Waals surface area contributed by atoms with Crippen molar-refractivity contribution < 1.29 is 14.3 Å². The molecule has 126 valence electrons. The molecule has 0 spiro atoms. The molecule has 0 saturated carbocycles. The number of nitrogens with zero attached hydrogens (tertiary/aromatic N) is 1. The van der Waals surface area contributed by atoms with E-state index in [2.05, 4.69) is 21.2 Å². The smallest absolute Gasteiger partial charge is 0.338 e. The van der Waals surface area contributed by atoms with Crippen molar-refractivity contribution >= 4 is 39.2 Å². The third-order valence-electron chi connectivity index (χ3n) is 3.36. The lowest BCUT2D eigenvalue weighted by atomic mass is 10.2. The first kappa shape index (κ1) is 18.0. The zero-order valence-corrected chi connectivity index (χ0v) is 15.3. The summed E-state index contributed by atoms with van der Waals surface area (Å²) in [5.41, 5.74) is 1.93. The second-order valence-electron chi connectivity index (χ2n) is 5.49. The summed E-state index contributed by atoms with van der Waals surface area (Å²) in [6.45, 7) is 1.54. The maximum absolute atomic E-state index is 12.2. The maximum atomic E-state index is 12.2. The molecular formula is C18H19BrN2O3. The number of rotatable bonds is 5. The molecule has 24 heavy (non-hydrogen) atoms. The summed E-state index contributed by atoms with van der Waals surface area (Å²) >= 11 is 3.33. The van der Waals surface area contributed by atoms with Gasteiger partial charge in [0.05, 0.1) is 5.56 Å². The monoisotopic (exact) mass is 390 g/mol. The lowest BCUT2D eigenvalue weighted by Gasteiger charge is -2.15. The number of esters is 1. The van der Waals surface area contributed by atoms with Gasteiger partial charge in [-0.05, 0) is 49.4 Å². The van der Waals surface area contributed by atoms with Gasteiger partial charge >= 0.3 is 5.97 Å². The zero-order valence-electron chi connectivity index (χ0n) is 13.7. The molecule has 2 rings (SSSR count). The Morgan fingerprint density at radius 2 is 1.79 bits per heavy atom.